The molecule has 0 fully saturated rings. The van der Waals surface area contributed by atoms with Crippen LogP contribution in [0.3, 0.4) is 0 Å². The molecule has 0 aliphatic heterocycles. The number of hydrogen-bond donors (Lipinski definition) is 2. The van der Waals surface area contributed by atoms with Crippen molar-refractivity contribution in [3.05, 3.63) is 11.6 Å². The van der Waals surface area contributed by atoms with E-state index in [1.54, 1.807) is 0 Å². The number of aliphatic carboxylic acids is 1. The third-order valence-electron chi connectivity index (χ3n) is 10.5. The number of carboxylic acid groups (broad SMARTS) is 1. The number of hydrogen-bond acceptors (Lipinski definition) is 2. The van der Waals surface area contributed by atoms with Gasteiger partial charge in [-0.3, -0.25) is 0 Å². The highest BCUT2D eigenvalue weighted by Gasteiger charge is 2.16. The smallest absolute Gasteiger partial charge is 0.331 e. The largest absolute Gasteiger partial charge is 0.478 e. The molecule has 0 saturated heterocycles. The van der Waals surface area contributed by atoms with E-state index in [0.717, 1.165) is 25.8 Å². The third kappa shape index (κ3) is 33.4. The molecule has 0 aromatic rings. The van der Waals surface area contributed by atoms with Gasteiger partial charge in [0.25, 0.3) is 0 Å². The second kappa shape index (κ2) is 38.0. The Kier molecular flexibility index (Phi) is 37.3. The summed E-state index contributed by atoms with van der Waals surface area (Å²) in [6.45, 7) is 10.3. The number of carboxylic acids is 1. The van der Waals surface area contributed by atoms with Crippen molar-refractivity contribution in [2.45, 2.75) is 252 Å². The van der Waals surface area contributed by atoms with Gasteiger partial charge in [0.1, 0.15) is 0 Å². The summed E-state index contributed by atoms with van der Waals surface area (Å²) in [6.07, 6.45) is 46.2. The van der Waals surface area contributed by atoms with Crippen LogP contribution in [-0.2, 0) is 4.79 Å². The van der Waals surface area contributed by atoms with Crippen molar-refractivity contribution in [2.75, 3.05) is 6.54 Å². The summed E-state index contributed by atoms with van der Waals surface area (Å²) < 4.78 is 0. The molecule has 0 spiro atoms. The fraction of sp³-hybridized carbons (Fsp3) is 0.932. The molecular formula is C44H87NO2. The number of carbonyl (C=O) groups is 1. The van der Waals surface area contributed by atoms with Crippen LogP contribution in [0.25, 0.3) is 0 Å². The van der Waals surface area contributed by atoms with E-state index >= 15 is 0 Å². The highest BCUT2D eigenvalue weighted by molar-refractivity contribution is 5.86. The van der Waals surface area contributed by atoms with Gasteiger partial charge >= 0.3 is 5.97 Å². The summed E-state index contributed by atoms with van der Waals surface area (Å²) in [6, 6.07) is 0.632. The summed E-state index contributed by atoms with van der Waals surface area (Å²) in [4.78, 5) is 12.3. The molecule has 0 radical (unpaired) electrons. The maximum absolute atomic E-state index is 12.3. The molecule has 2 atom stereocenters. The molecule has 0 heterocycles. The molecule has 0 aromatic heterocycles. The van der Waals surface area contributed by atoms with Gasteiger partial charge in [0.05, 0.1) is 0 Å². The van der Waals surface area contributed by atoms with E-state index in [4.69, 9.17) is 0 Å². The number of unbranched alkanes of at least 4 members (excludes halogenated alkanes) is 24. The first-order chi connectivity index (χ1) is 23.1. The average molecular weight is 662 g/mol. The van der Waals surface area contributed by atoms with Crippen molar-refractivity contribution in [2.24, 2.45) is 5.92 Å². The van der Waals surface area contributed by atoms with Gasteiger partial charge in [-0.25, -0.2) is 4.79 Å². The Labute approximate surface area is 296 Å². The normalized spacial score (nSPS) is 13.3. The van der Waals surface area contributed by atoms with Crippen LogP contribution in [0.5, 0.6) is 0 Å². The van der Waals surface area contributed by atoms with Crippen LogP contribution in [0.2, 0.25) is 0 Å². The van der Waals surface area contributed by atoms with E-state index in [0.29, 0.717) is 17.5 Å². The van der Waals surface area contributed by atoms with Crippen molar-refractivity contribution in [1.29, 1.82) is 0 Å². The van der Waals surface area contributed by atoms with Crippen LogP contribution >= 0.6 is 0 Å². The second-order valence-electron chi connectivity index (χ2n) is 15.2. The van der Waals surface area contributed by atoms with E-state index < -0.39 is 5.97 Å². The van der Waals surface area contributed by atoms with Gasteiger partial charge in [-0.2, -0.15) is 0 Å². The average Bonchev–Trinajstić information content (AvgIpc) is 3.07. The Hall–Kier alpha value is -0.830. The lowest BCUT2D eigenvalue weighted by Gasteiger charge is -2.19. The Bertz CT molecular complexity index is 659. The van der Waals surface area contributed by atoms with Crippen LogP contribution in [-0.4, -0.2) is 23.7 Å². The summed E-state index contributed by atoms with van der Waals surface area (Å²) in [5.41, 5.74) is 0.694. The standard InChI is InChI=1S/C44H87NO2/c1-5-9-13-17-20-22-25-31-37-43(45-39-33-26-23-21-18-14-10-6-2)38-32-27-30-36-42(44(46)47)40-41(34-28-16-12-8-4)35-29-24-19-15-11-7-3/h36,41,43,45H,5-35,37-40H2,1-4H3,(H,46,47). The first-order valence-corrected chi connectivity index (χ1v) is 21.7. The molecule has 280 valence electrons. The van der Waals surface area contributed by atoms with E-state index in [-0.39, 0.29) is 0 Å². The van der Waals surface area contributed by atoms with Crippen LogP contribution in [0, 0.1) is 5.92 Å². The fourth-order valence-electron chi connectivity index (χ4n) is 7.24. The molecule has 0 rings (SSSR count). The molecule has 0 bridgehead atoms. The Morgan fingerprint density at radius 2 is 0.851 bits per heavy atom. The number of nitrogens with one attached hydrogen (secondary N) is 1. The third-order valence-corrected chi connectivity index (χ3v) is 10.5. The molecule has 0 aromatic carbocycles. The summed E-state index contributed by atoms with van der Waals surface area (Å²) >= 11 is 0. The first kappa shape index (κ1) is 46.2. The molecule has 0 aliphatic rings. The molecule has 0 saturated carbocycles. The highest BCUT2D eigenvalue weighted by Crippen LogP contribution is 2.26. The lowest BCUT2D eigenvalue weighted by molar-refractivity contribution is -0.133. The van der Waals surface area contributed by atoms with Crippen molar-refractivity contribution in [3.63, 3.8) is 0 Å². The molecule has 47 heavy (non-hydrogen) atoms. The Morgan fingerprint density at radius 1 is 0.489 bits per heavy atom. The molecule has 3 heteroatoms. The monoisotopic (exact) mass is 662 g/mol. The summed E-state index contributed by atoms with van der Waals surface area (Å²) in [5, 5.41) is 14.0. The molecule has 0 aliphatic carbocycles. The number of rotatable bonds is 39. The predicted molar refractivity (Wildman–Crippen MR) is 211 cm³/mol. The lowest BCUT2D eigenvalue weighted by atomic mass is 9.88. The second-order valence-corrected chi connectivity index (χ2v) is 15.2. The van der Waals surface area contributed by atoms with Crippen molar-refractivity contribution in [1.82, 2.24) is 5.32 Å². The van der Waals surface area contributed by atoms with E-state index in [2.05, 4.69) is 39.1 Å². The summed E-state index contributed by atoms with van der Waals surface area (Å²) in [5.74, 6) is -0.136. The molecule has 2 unspecified atom stereocenters. The highest BCUT2D eigenvalue weighted by atomic mass is 16.4. The minimum Gasteiger partial charge on any atom is -0.478 e. The van der Waals surface area contributed by atoms with E-state index in [1.807, 2.05) is 0 Å². The zero-order chi connectivity index (χ0) is 34.5. The quantitative estimate of drug-likeness (QED) is 0.0509. The summed E-state index contributed by atoms with van der Waals surface area (Å²) in [7, 11) is 0. The zero-order valence-electron chi connectivity index (χ0n) is 32.8. The van der Waals surface area contributed by atoms with Crippen molar-refractivity contribution >= 4 is 5.97 Å². The topological polar surface area (TPSA) is 49.3 Å². The first-order valence-electron chi connectivity index (χ1n) is 21.7. The zero-order valence-corrected chi connectivity index (χ0v) is 32.8. The van der Waals surface area contributed by atoms with Crippen LogP contribution in [0.15, 0.2) is 11.6 Å². The molecule has 2 N–H and O–H groups in total. The van der Waals surface area contributed by atoms with Gasteiger partial charge in [-0.1, -0.05) is 214 Å². The maximum Gasteiger partial charge on any atom is 0.331 e. The molecule has 0 amide bonds. The molecule has 3 nitrogen and oxygen atoms in total. The fourth-order valence-corrected chi connectivity index (χ4v) is 7.24. The minimum atomic E-state index is -0.675. The predicted octanol–water partition coefficient (Wildman–Crippen LogP) is 14.9. The van der Waals surface area contributed by atoms with E-state index in [1.165, 1.54) is 199 Å². The van der Waals surface area contributed by atoms with Gasteiger partial charge in [0, 0.05) is 11.6 Å². The minimum absolute atomic E-state index is 0.539. The van der Waals surface area contributed by atoms with Crippen LogP contribution in [0.4, 0.5) is 0 Å². The molecular weight excluding hydrogens is 574 g/mol. The Morgan fingerprint density at radius 3 is 1.30 bits per heavy atom. The maximum atomic E-state index is 12.3. The van der Waals surface area contributed by atoms with Gasteiger partial charge in [0.15, 0.2) is 0 Å². The van der Waals surface area contributed by atoms with Crippen LogP contribution in [0.1, 0.15) is 246 Å². The van der Waals surface area contributed by atoms with Gasteiger partial charge in [0.2, 0.25) is 0 Å². The number of allylic oxidation sites excluding steroid dienone is 1. The van der Waals surface area contributed by atoms with Gasteiger partial charge in [-0.15, -0.1) is 0 Å². The van der Waals surface area contributed by atoms with Gasteiger partial charge in [-0.05, 0) is 51.0 Å². The lowest BCUT2D eigenvalue weighted by Crippen LogP contribution is -2.30. The van der Waals surface area contributed by atoms with E-state index in [9.17, 15) is 9.90 Å². The Balaban J connectivity index is 4.72. The van der Waals surface area contributed by atoms with Crippen LogP contribution < -0.4 is 5.32 Å². The van der Waals surface area contributed by atoms with Crippen molar-refractivity contribution in [3.8, 4) is 0 Å². The van der Waals surface area contributed by atoms with Crippen molar-refractivity contribution < 1.29 is 9.90 Å². The van der Waals surface area contributed by atoms with Gasteiger partial charge < -0.3 is 10.4 Å². The SMILES string of the molecule is CCCCCCCCCCNC(CCCCC=C(CC(CCCCCC)CCCCCCCC)C(=O)O)CCCCCCCCCC.